The molecule has 0 saturated heterocycles. The lowest BCUT2D eigenvalue weighted by atomic mass is 10.1. The molecule has 0 radical (unpaired) electrons. The van der Waals surface area contributed by atoms with E-state index in [0.717, 1.165) is 5.39 Å². The molecule has 0 fully saturated rings. The molecule has 0 aliphatic heterocycles. The molecule has 26 heavy (non-hydrogen) atoms. The predicted octanol–water partition coefficient (Wildman–Crippen LogP) is 3.13. The summed E-state index contributed by atoms with van der Waals surface area (Å²) in [7, 11) is 3.07. The van der Waals surface area contributed by atoms with Gasteiger partial charge >= 0.3 is 0 Å². The zero-order valence-electron chi connectivity index (χ0n) is 14.3. The lowest BCUT2D eigenvalue weighted by Crippen LogP contribution is -2.26. The molecular formula is C19H17ClN2O4. The van der Waals surface area contributed by atoms with E-state index in [-0.39, 0.29) is 18.0 Å². The van der Waals surface area contributed by atoms with Gasteiger partial charge < -0.3 is 19.8 Å². The minimum absolute atomic E-state index is 0.0883. The number of pyridine rings is 1. The highest BCUT2D eigenvalue weighted by Crippen LogP contribution is 2.31. The van der Waals surface area contributed by atoms with E-state index in [2.05, 4.69) is 10.3 Å². The highest BCUT2D eigenvalue weighted by molar-refractivity contribution is 6.30. The number of halogens is 1. The Morgan fingerprint density at radius 3 is 2.54 bits per heavy atom. The predicted molar refractivity (Wildman–Crippen MR) is 100 cm³/mol. The van der Waals surface area contributed by atoms with E-state index in [1.165, 1.54) is 7.11 Å². The smallest absolute Gasteiger partial charge is 0.253 e. The standard InChI is InChI=1S/C19H17ClN2O4/c1-25-16-8-12-6-13(19(24)22-15(12)9-17(16)26-2)10-21-18(23)11-4-3-5-14(20)7-11/h3-9H,10H2,1-2H3,(H,21,23)(H,22,24). The number of nitrogens with one attached hydrogen (secondary N) is 2. The first-order chi connectivity index (χ1) is 12.5. The van der Waals surface area contributed by atoms with Crippen LogP contribution < -0.4 is 20.3 Å². The molecular weight excluding hydrogens is 356 g/mol. The normalized spacial score (nSPS) is 10.6. The van der Waals surface area contributed by atoms with Crippen molar-refractivity contribution >= 4 is 28.4 Å². The number of carbonyl (C=O) groups is 1. The monoisotopic (exact) mass is 372 g/mol. The third kappa shape index (κ3) is 3.65. The van der Waals surface area contributed by atoms with Crippen molar-refractivity contribution < 1.29 is 14.3 Å². The maximum absolute atomic E-state index is 12.3. The zero-order valence-corrected chi connectivity index (χ0v) is 15.0. The van der Waals surface area contributed by atoms with Gasteiger partial charge in [-0.1, -0.05) is 17.7 Å². The van der Waals surface area contributed by atoms with Crippen LogP contribution in [0, 0.1) is 0 Å². The molecule has 1 aromatic heterocycles. The quantitative estimate of drug-likeness (QED) is 0.721. The molecule has 2 aromatic carbocycles. The zero-order chi connectivity index (χ0) is 18.7. The topological polar surface area (TPSA) is 80.4 Å². The summed E-state index contributed by atoms with van der Waals surface area (Å²) in [5.41, 5.74) is 1.20. The second-order valence-corrected chi connectivity index (χ2v) is 6.05. The molecule has 3 rings (SSSR count). The van der Waals surface area contributed by atoms with Crippen molar-refractivity contribution in [3.05, 3.63) is 69.0 Å². The SMILES string of the molecule is COc1cc2cc(CNC(=O)c3cccc(Cl)c3)c(=O)[nH]c2cc1OC. The number of benzene rings is 2. The van der Waals surface area contributed by atoms with Gasteiger partial charge in [0, 0.05) is 34.1 Å². The van der Waals surface area contributed by atoms with Gasteiger partial charge in [-0.15, -0.1) is 0 Å². The van der Waals surface area contributed by atoms with Crippen LogP contribution in [-0.4, -0.2) is 25.1 Å². The fourth-order valence-electron chi connectivity index (χ4n) is 2.62. The Balaban J connectivity index is 1.87. The van der Waals surface area contributed by atoms with Crippen molar-refractivity contribution in [2.45, 2.75) is 6.54 Å². The number of amides is 1. The summed E-state index contributed by atoms with van der Waals surface area (Å²) in [4.78, 5) is 27.3. The van der Waals surface area contributed by atoms with Crippen molar-refractivity contribution in [2.24, 2.45) is 0 Å². The van der Waals surface area contributed by atoms with Crippen LogP contribution in [0.3, 0.4) is 0 Å². The first-order valence-corrected chi connectivity index (χ1v) is 8.21. The molecule has 6 nitrogen and oxygen atoms in total. The van der Waals surface area contributed by atoms with Crippen LogP contribution in [0.1, 0.15) is 15.9 Å². The first kappa shape index (κ1) is 17.8. The summed E-state index contributed by atoms with van der Waals surface area (Å²) in [5, 5.41) is 3.97. The molecule has 0 aliphatic rings. The van der Waals surface area contributed by atoms with E-state index in [0.29, 0.717) is 33.2 Å². The van der Waals surface area contributed by atoms with E-state index >= 15 is 0 Å². The van der Waals surface area contributed by atoms with Crippen molar-refractivity contribution in [2.75, 3.05) is 14.2 Å². The van der Waals surface area contributed by atoms with Crippen molar-refractivity contribution in [3.63, 3.8) is 0 Å². The molecule has 3 aromatic rings. The molecule has 0 spiro atoms. The summed E-state index contributed by atoms with van der Waals surface area (Å²) >= 11 is 5.89. The molecule has 1 heterocycles. The Labute approximate surface area is 154 Å². The minimum Gasteiger partial charge on any atom is -0.493 e. The van der Waals surface area contributed by atoms with Crippen molar-refractivity contribution in [1.29, 1.82) is 0 Å². The van der Waals surface area contributed by atoms with Crippen LogP contribution in [0.5, 0.6) is 11.5 Å². The largest absolute Gasteiger partial charge is 0.493 e. The van der Waals surface area contributed by atoms with E-state index in [4.69, 9.17) is 21.1 Å². The van der Waals surface area contributed by atoms with Crippen LogP contribution in [0.4, 0.5) is 0 Å². The van der Waals surface area contributed by atoms with Gasteiger partial charge in [0.2, 0.25) is 0 Å². The second-order valence-electron chi connectivity index (χ2n) is 5.61. The lowest BCUT2D eigenvalue weighted by Gasteiger charge is -2.10. The number of rotatable bonds is 5. The average Bonchev–Trinajstić information content (AvgIpc) is 2.65. The van der Waals surface area contributed by atoms with Crippen LogP contribution in [0.15, 0.2) is 47.3 Å². The molecule has 2 N–H and O–H groups in total. The highest BCUT2D eigenvalue weighted by Gasteiger charge is 2.11. The molecule has 0 bridgehead atoms. The number of carbonyl (C=O) groups excluding carboxylic acids is 1. The van der Waals surface area contributed by atoms with Crippen LogP contribution in [-0.2, 0) is 6.54 Å². The molecule has 0 saturated carbocycles. The number of hydrogen-bond acceptors (Lipinski definition) is 4. The van der Waals surface area contributed by atoms with Crippen LogP contribution in [0.2, 0.25) is 5.02 Å². The van der Waals surface area contributed by atoms with Gasteiger partial charge in [-0.05, 0) is 30.3 Å². The number of hydrogen-bond donors (Lipinski definition) is 2. The maximum Gasteiger partial charge on any atom is 0.253 e. The van der Waals surface area contributed by atoms with Crippen LogP contribution >= 0.6 is 11.6 Å². The number of ether oxygens (including phenoxy) is 2. The number of methoxy groups -OCH3 is 2. The number of aromatic amines is 1. The molecule has 0 unspecified atom stereocenters. The third-order valence-corrected chi connectivity index (χ3v) is 4.19. The number of H-pyrrole nitrogens is 1. The Hall–Kier alpha value is -2.99. The van der Waals surface area contributed by atoms with Crippen molar-refractivity contribution in [3.8, 4) is 11.5 Å². The van der Waals surface area contributed by atoms with Gasteiger partial charge in [-0.3, -0.25) is 9.59 Å². The fourth-order valence-corrected chi connectivity index (χ4v) is 2.81. The Morgan fingerprint density at radius 1 is 1.12 bits per heavy atom. The second kappa shape index (κ2) is 7.49. The lowest BCUT2D eigenvalue weighted by molar-refractivity contribution is 0.0951. The summed E-state index contributed by atoms with van der Waals surface area (Å²) < 4.78 is 10.5. The van der Waals surface area contributed by atoms with Gasteiger partial charge in [0.25, 0.3) is 11.5 Å². The van der Waals surface area contributed by atoms with E-state index in [1.54, 1.807) is 49.6 Å². The summed E-state index contributed by atoms with van der Waals surface area (Å²) in [6.45, 7) is 0.0883. The van der Waals surface area contributed by atoms with Gasteiger partial charge in [-0.25, -0.2) is 0 Å². The summed E-state index contributed by atoms with van der Waals surface area (Å²) in [6, 6.07) is 11.8. The highest BCUT2D eigenvalue weighted by atomic mass is 35.5. The Morgan fingerprint density at radius 2 is 1.85 bits per heavy atom. The van der Waals surface area contributed by atoms with Gasteiger partial charge in [-0.2, -0.15) is 0 Å². The minimum atomic E-state index is -0.306. The van der Waals surface area contributed by atoms with Gasteiger partial charge in [0.05, 0.1) is 19.7 Å². The summed E-state index contributed by atoms with van der Waals surface area (Å²) in [5.74, 6) is 0.776. The molecule has 7 heteroatoms. The molecule has 0 atom stereocenters. The molecule has 134 valence electrons. The maximum atomic E-state index is 12.3. The van der Waals surface area contributed by atoms with Gasteiger partial charge in [0.15, 0.2) is 11.5 Å². The average molecular weight is 373 g/mol. The summed E-state index contributed by atoms with van der Waals surface area (Å²) in [6.07, 6.45) is 0. The van der Waals surface area contributed by atoms with E-state index < -0.39 is 0 Å². The van der Waals surface area contributed by atoms with Gasteiger partial charge in [0.1, 0.15) is 0 Å². The van der Waals surface area contributed by atoms with Crippen molar-refractivity contribution in [1.82, 2.24) is 10.3 Å². The number of aromatic nitrogens is 1. The van der Waals surface area contributed by atoms with E-state index in [9.17, 15) is 9.59 Å². The molecule has 1 amide bonds. The Kier molecular flexibility index (Phi) is 5.14. The molecule has 0 aliphatic carbocycles. The fraction of sp³-hybridized carbons (Fsp3) is 0.158. The first-order valence-electron chi connectivity index (χ1n) is 7.83. The van der Waals surface area contributed by atoms with Crippen LogP contribution in [0.25, 0.3) is 10.9 Å². The number of fused-ring (bicyclic) bond motifs is 1. The Bertz CT molecular complexity index is 1030. The van der Waals surface area contributed by atoms with E-state index in [1.807, 2.05) is 0 Å². The third-order valence-electron chi connectivity index (χ3n) is 3.95.